The summed E-state index contributed by atoms with van der Waals surface area (Å²) in [4.78, 5) is 21.7. The molecule has 0 radical (unpaired) electrons. The number of nitrogens with one attached hydrogen (secondary N) is 2. The van der Waals surface area contributed by atoms with Gasteiger partial charge in [0.15, 0.2) is 5.82 Å². The summed E-state index contributed by atoms with van der Waals surface area (Å²) in [6.45, 7) is 2.74. The van der Waals surface area contributed by atoms with E-state index in [1.165, 1.54) is 0 Å². The third kappa shape index (κ3) is 4.36. The maximum Gasteiger partial charge on any atom is 0.239 e. The quantitative estimate of drug-likeness (QED) is 0.681. The Balaban J connectivity index is 1.51. The summed E-state index contributed by atoms with van der Waals surface area (Å²) in [5, 5.41) is 6.45. The average Bonchev–Trinajstić information content (AvgIpc) is 3.17. The number of methoxy groups -OCH3 is 1. The van der Waals surface area contributed by atoms with Crippen LogP contribution in [-0.2, 0) is 11.2 Å². The zero-order chi connectivity index (χ0) is 17.8. The second-order valence-electron chi connectivity index (χ2n) is 5.93. The van der Waals surface area contributed by atoms with Crippen molar-refractivity contribution < 1.29 is 14.1 Å². The Morgan fingerprint density at radius 2 is 2.24 bits per heavy atom. The molecular formula is C17H21N5O3. The number of carbonyl (C=O) groups excluding carboxylic acids is 1. The van der Waals surface area contributed by atoms with Gasteiger partial charge in [-0.25, -0.2) is 4.98 Å². The number of fused-ring (bicyclic) bond motifs is 1. The summed E-state index contributed by atoms with van der Waals surface area (Å²) >= 11 is 0. The molecule has 1 aromatic carbocycles. The number of imidazole rings is 1. The number of nitrogens with zero attached hydrogens (tertiary/aromatic N) is 3. The van der Waals surface area contributed by atoms with Gasteiger partial charge >= 0.3 is 0 Å². The van der Waals surface area contributed by atoms with Crippen molar-refractivity contribution in [1.82, 2.24) is 20.0 Å². The average molecular weight is 343 g/mol. The van der Waals surface area contributed by atoms with Gasteiger partial charge in [-0.15, -0.1) is 0 Å². The summed E-state index contributed by atoms with van der Waals surface area (Å²) in [6, 6.07) is 7.41. The van der Waals surface area contributed by atoms with Crippen LogP contribution in [0.1, 0.15) is 11.6 Å². The van der Waals surface area contributed by atoms with E-state index in [4.69, 9.17) is 9.26 Å². The molecule has 2 N–H and O–H groups in total. The van der Waals surface area contributed by atoms with Gasteiger partial charge in [0.2, 0.25) is 5.91 Å². The SMILES string of the molecule is COc1ccc2nc(CCN(C)CC(=O)Nc3cc(C)on3)[nH]c2c1. The molecule has 0 fully saturated rings. The predicted octanol–water partition coefficient (Wildman–Crippen LogP) is 1.98. The number of H-pyrrole nitrogens is 1. The van der Waals surface area contributed by atoms with Crippen LogP contribution in [0.4, 0.5) is 5.82 Å². The molecule has 0 aliphatic carbocycles. The lowest BCUT2D eigenvalue weighted by molar-refractivity contribution is -0.117. The van der Waals surface area contributed by atoms with Crippen molar-refractivity contribution in [3.63, 3.8) is 0 Å². The highest BCUT2D eigenvalue weighted by atomic mass is 16.5. The van der Waals surface area contributed by atoms with Gasteiger partial charge in [0.25, 0.3) is 0 Å². The van der Waals surface area contributed by atoms with E-state index >= 15 is 0 Å². The van der Waals surface area contributed by atoms with Gasteiger partial charge in [-0.05, 0) is 26.1 Å². The Morgan fingerprint density at radius 3 is 2.96 bits per heavy atom. The molecule has 0 aliphatic rings. The van der Waals surface area contributed by atoms with E-state index < -0.39 is 0 Å². The summed E-state index contributed by atoms with van der Waals surface area (Å²) in [7, 11) is 3.53. The molecule has 2 aromatic heterocycles. The van der Waals surface area contributed by atoms with Crippen molar-refractivity contribution in [2.45, 2.75) is 13.3 Å². The Morgan fingerprint density at radius 1 is 1.40 bits per heavy atom. The Labute approximate surface area is 145 Å². The number of carbonyl (C=O) groups is 1. The fraction of sp³-hybridized carbons (Fsp3) is 0.353. The van der Waals surface area contributed by atoms with Crippen LogP contribution in [-0.4, -0.2) is 53.2 Å². The molecule has 0 saturated heterocycles. The molecule has 132 valence electrons. The third-order valence-electron chi connectivity index (χ3n) is 3.78. The highest BCUT2D eigenvalue weighted by Crippen LogP contribution is 2.18. The van der Waals surface area contributed by atoms with Crippen LogP contribution in [0.5, 0.6) is 5.75 Å². The van der Waals surface area contributed by atoms with E-state index in [0.717, 1.165) is 22.6 Å². The van der Waals surface area contributed by atoms with E-state index in [2.05, 4.69) is 20.4 Å². The third-order valence-corrected chi connectivity index (χ3v) is 3.78. The number of hydrogen-bond donors (Lipinski definition) is 2. The molecule has 3 rings (SSSR count). The lowest BCUT2D eigenvalue weighted by atomic mass is 10.3. The number of ether oxygens (including phenoxy) is 1. The van der Waals surface area contributed by atoms with Gasteiger partial charge in [0, 0.05) is 25.1 Å². The van der Waals surface area contributed by atoms with Gasteiger partial charge in [-0.2, -0.15) is 0 Å². The second-order valence-corrected chi connectivity index (χ2v) is 5.93. The molecular weight excluding hydrogens is 322 g/mol. The van der Waals surface area contributed by atoms with Crippen LogP contribution >= 0.6 is 0 Å². The Bertz CT molecular complexity index is 870. The van der Waals surface area contributed by atoms with Gasteiger partial charge in [0.05, 0.1) is 24.7 Å². The number of aromatic nitrogens is 3. The van der Waals surface area contributed by atoms with E-state index in [1.807, 2.05) is 30.1 Å². The largest absolute Gasteiger partial charge is 0.497 e. The van der Waals surface area contributed by atoms with Crippen molar-refractivity contribution >= 4 is 22.8 Å². The van der Waals surface area contributed by atoms with Gasteiger partial charge in [-0.3, -0.25) is 9.69 Å². The molecule has 0 atom stereocenters. The zero-order valence-electron chi connectivity index (χ0n) is 14.5. The lowest BCUT2D eigenvalue weighted by Crippen LogP contribution is -2.31. The lowest BCUT2D eigenvalue weighted by Gasteiger charge is -2.14. The fourth-order valence-electron chi connectivity index (χ4n) is 2.52. The second kappa shape index (κ2) is 7.35. The van der Waals surface area contributed by atoms with Crippen molar-refractivity contribution in [1.29, 1.82) is 0 Å². The molecule has 8 heteroatoms. The smallest absolute Gasteiger partial charge is 0.239 e. The van der Waals surface area contributed by atoms with E-state index in [-0.39, 0.29) is 12.5 Å². The summed E-state index contributed by atoms with van der Waals surface area (Å²) in [5.41, 5.74) is 1.84. The standard InChI is InChI=1S/C17H21N5O3/c1-11-8-16(21-25-11)20-17(23)10-22(2)7-6-15-18-13-5-4-12(24-3)9-14(13)19-15/h4-5,8-9H,6-7,10H2,1-3H3,(H,18,19)(H,20,21,23). The highest BCUT2D eigenvalue weighted by molar-refractivity contribution is 5.91. The zero-order valence-corrected chi connectivity index (χ0v) is 14.5. The van der Waals surface area contributed by atoms with Crippen molar-refractivity contribution in [2.75, 3.05) is 32.6 Å². The topological polar surface area (TPSA) is 96.3 Å². The number of likely N-dealkylation sites (N-methyl/N-ethyl adjacent to an activating group) is 1. The number of anilines is 1. The summed E-state index contributed by atoms with van der Waals surface area (Å²) < 4.78 is 10.1. The molecule has 0 bridgehead atoms. The highest BCUT2D eigenvalue weighted by Gasteiger charge is 2.11. The number of rotatable bonds is 7. The number of aryl methyl sites for hydroxylation is 1. The number of amides is 1. The molecule has 3 aromatic rings. The molecule has 2 heterocycles. The number of aromatic amines is 1. The van der Waals surface area contributed by atoms with E-state index in [9.17, 15) is 4.79 Å². The maximum absolute atomic E-state index is 12.0. The summed E-state index contributed by atoms with van der Waals surface area (Å²) in [6.07, 6.45) is 0.712. The van der Waals surface area contributed by atoms with Crippen LogP contribution in [0.2, 0.25) is 0 Å². The number of benzene rings is 1. The first kappa shape index (κ1) is 17.0. The number of hydrogen-bond acceptors (Lipinski definition) is 6. The monoisotopic (exact) mass is 343 g/mol. The first-order valence-electron chi connectivity index (χ1n) is 7.98. The molecule has 0 unspecified atom stereocenters. The molecule has 8 nitrogen and oxygen atoms in total. The first-order chi connectivity index (χ1) is 12.0. The van der Waals surface area contributed by atoms with Crippen LogP contribution in [0.15, 0.2) is 28.8 Å². The molecule has 0 aliphatic heterocycles. The minimum atomic E-state index is -0.134. The van der Waals surface area contributed by atoms with E-state index in [1.54, 1.807) is 20.1 Å². The van der Waals surface area contributed by atoms with Crippen LogP contribution in [0.25, 0.3) is 11.0 Å². The van der Waals surface area contributed by atoms with Crippen molar-refractivity contribution in [3.05, 3.63) is 35.9 Å². The predicted molar refractivity (Wildman–Crippen MR) is 93.7 cm³/mol. The maximum atomic E-state index is 12.0. The molecule has 0 saturated carbocycles. The van der Waals surface area contributed by atoms with E-state index in [0.29, 0.717) is 24.5 Å². The van der Waals surface area contributed by atoms with Gasteiger partial charge in [0.1, 0.15) is 17.3 Å². The minimum absolute atomic E-state index is 0.134. The first-order valence-corrected chi connectivity index (χ1v) is 7.98. The fourth-order valence-corrected chi connectivity index (χ4v) is 2.52. The molecule has 0 spiro atoms. The molecule has 25 heavy (non-hydrogen) atoms. The normalized spacial score (nSPS) is 11.2. The van der Waals surface area contributed by atoms with Gasteiger partial charge in [-0.1, -0.05) is 5.16 Å². The van der Waals surface area contributed by atoms with Crippen molar-refractivity contribution in [2.24, 2.45) is 0 Å². The molecule has 1 amide bonds. The minimum Gasteiger partial charge on any atom is -0.497 e. The van der Waals surface area contributed by atoms with Crippen LogP contribution in [0, 0.1) is 6.92 Å². The Hall–Kier alpha value is -2.87. The Kier molecular flexibility index (Phi) is 4.99. The van der Waals surface area contributed by atoms with Crippen molar-refractivity contribution in [3.8, 4) is 5.75 Å². The van der Waals surface area contributed by atoms with Crippen LogP contribution < -0.4 is 10.1 Å². The van der Waals surface area contributed by atoms with Gasteiger partial charge < -0.3 is 19.6 Å². The summed E-state index contributed by atoms with van der Waals surface area (Å²) in [5.74, 6) is 2.62. The van der Waals surface area contributed by atoms with Crippen LogP contribution in [0.3, 0.4) is 0 Å².